The first-order valence-corrected chi connectivity index (χ1v) is 12.2. The lowest BCUT2D eigenvalue weighted by molar-refractivity contribution is -0.137. The Bertz CT molecular complexity index is 1190. The van der Waals surface area contributed by atoms with Gasteiger partial charge in [0.05, 0.1) is 17.6 Å². The fourth-order valence-corrected chi connectivity index (χ4v) is 4.93. The maximum atomic E-state index is 13.6. The van der Waals surface area contributed by atoms with Crippen LogP contribution in [-0.2, 0) is 30.1 Å². The molecule has 0 aliphatic carbocycles. The molecule has 0 saturated carbocycles. The highest BCUT2D eigenvalue weighted by atomic mass is 35.5. The van der Waals surface area contributed by atoms with Gasteiger partial charge in [0, 0.05) is 30.1 Å². The molecule has 0 spiro atoms. The zero-order valence-corrected chi connectivity index (χ0v) is 20.6. The van der Waals surface area contributed by atoms with Gasteiger partial charge in [-0.25, -0.2) is 8.51 Å². The van der Waals surface area contributed by atoms with Crippen molar-refractivity contribution in [3.05, 3.63) is 82.4 Å². The summed E-state index contributed by atoms with van der Waals surface area (Å²) in [6.07, 6.45) is -6.21. The van der Waals surface area contributed by atoms with Crippen LogP contribution in [0.1, 0.15) is 23.6 Å². The molecule has 0 aliphatic rings. The molecule has 0 fully saturated rings. The van der Waals surface area contributed by atoms with Crippen molar-refractivity contribution in [1.82, 2.24) is 4.31 Å². The SMILES string of the molecule is CCN(Cc1cc(C(F)(F)F)ccc1-c1cc(CC(O)O)ccc1OC)S(=O)c1ccc(Cl)cc1. The summed E-state index contributed by atoms with van der Waals surface area (Å²) < 4.78 is 60.9. The number of rotatable bonds is 9. The average Bonchev–Trinajstić information content (AvgIpc) is 2.81. The molecule has 3 rings (SSSR count). The number of methoxy groups -OCH3 is 1. The van der Waals surface area contributed by atoms with Gasteiger partial charge in [-0.1, -0.05) is 30.7 Å². The molecule has 3 aromatic carbocycles. The van der Waals surface area contributed by atoms with Crippen molar-refractivity contribution in [3.8, 4) is 16.9 Å². The Morgan fingerprint density at radius 2 is 1.71 bits per heavy atom. The van der Waals surface area contributed by atoms with Crippen LogP contribution in [0.3, 0.4) is 0 Å². The molecule has 0 radical (unpaired) electrons. The lowest BCUT2D eigenvalue weighted by atomic mass is 9.94. The molecule has 0 aliphatic heterocycles. The average molecular weight is 528 g/mol. The van der Waals surface area contributed by atoms with E-state index in [1.165, 1.54) is 13.2 Å². The predicted octanol–water partition coefficient (Wildman–Crippen LogP) is 5.43. The molecule has 0 aromatic heterocycles. The highest BCUT2D eigenvalue weighted by Gasteiger charge is 2.32. The molecule has 10 heteroatoms. The van der Waals surface area contributed by atoms with Crippen LogP contribution in [0.4, 0.5) is 13.2 Å². The molecule has 1 unspecified atom stereocenters. The number of aliphatic hydroxyl groups excluding tert-OH is 1. The summed E-state index contributed by atoms with van der Waals surface area (Å²) in [6, 6.07) is 14.7. The van der Waals surface area contributed by atoms with Crippen LogP contribution in [0.2, 0.25) is 5.02 Å². The summed E-state index contributed by atoms with van der Waals surface area (Å²) in [5.74, 6) is 0.407. The Hall–Kier alpha value is -2.43. The third kappa shape index (κ3) is 6.83. The first-order valence-electron chi connectivity index (χ1n) is 10.7. The fourth-order valence-electron chi connectivity index (χ4n) is 3.64. The minimum absolute atomic E-state index is 0.0407. The van der Waals surface area contributed by atoms with Gasteiger partial charge >= 0.3 is 6.18 Å². The van der Waals surface area contributed by atoms with Gasteiger partial charge in [0.2, 0.25) is 0 Å². The van der Waals surface area contributed by atoms with Gasteiger partial charge in [-0.3, -0.25) is 0 Å². The number of benzene rings is 3. The summed E-state index contributed by atoms with van der Waals surface area (Å²) in [7, 11) is -0.204. The van der Waals surface area contributed by atoms with E-state index in [1.54, 1.807) is 53.7 Å². The number of nitrogens with zero attached hydrogens (tertiary/aromatic N) is 1. The van der Waals surface area contributed by atoms with E-state index in [0.29, 0.717) is 44.5 Å². The summed E-state index contributed by atoms with van der Waals surface area (Å²) >= 11 is 5.92. The van der Waals surface area contributed by atoms with Crippen LogP contribution < -0.4 is 4.74 Å². The molecular weight excluding hydrogens is 503 g/mol. The Balaban J connectivity index is 2.11. The van der Waals surface area contributed by atoms with E-state index in [4.69, 9.17) is 16.3 Å². The van der Waals surface area contributed by atoms with Crippen molar-refractivity contribution in [1.29, 1.82) is 0 Å². The van der Waals surface area contributed by atoms with Crippen molar-refractivity contribution in [3.63, 3.8) is 0 Å². The van der Waals surface area contributed by atoms with Crippen LogP contribution in [0.5, 0.6) is 5.75 Å². The Kier molecular flexibility index (Phi) is 8.95. The van der Waals surface area contributed by atoms with Crippen molar-refractivity contribution < 1.29 is 32.3 Å². The Labute approximate surface area is 209 Å². The number of aliphatic hydroxyl groups is 2. The third-order valence-electron chi connectivity index (χ3n) is 5.35. The third-order valence-corrected chi connectivity index (χ3v) is 7.14. The highest BCUT2D eigenvalue weighted by molar-refractivity contribution is 7.82. The number of halogens is 4. The zero-order chi connectivity index (χ0) is 25.8. The minimum atomic E-state index is -4.56. The molecular formula is C25H25ClF3NO4S. The fraction of sp³-hybridized carbons (Fsp3) is 0.280. The van der Waals surface area contributed by atoms with Crippen LogP contribution in [0.15, 0.2) is 65.6 Å². The highest BCUT2D eigenvalue weighted by Crippen LogP contribution is 2.38. The van der Waals surface area contributed by atoms with Gasteiger partial charge in [0.1, 0.15) is 16.7 Å². The predicted molar refractivity (Wildman–Crippen MR) is 129 cm³/mol. The minimum Gasteiger partial charge on any atom is -0.496 e. The van der Waals surface area contributed by atoms with E-state index in [1.807, 2.05) is 0 Å². The van der Waals surface area contributed by atoms with Gasteiger partial charge in [0.15, 0.2) is 6.29 Å². The molecule has 5 nitrogen and oxygen atoms in total. The monoisotopic (exact) mass is 527 g/mol. The van der Waals surface area contributed by atoms with Crippen molar-refractivity contribution >= 4 is 22.6 Å². The zero-order valence-electron chi connectivity index (χ0n) is 19.1. The molecule has 0 heterocycles. The van der Waals surface area contributed by atoms with E-state index >= 15 is 0 Å². The van der Waals surface area contributed by atoms with Crippen molar-refractivity contribution in [2.75, 3.05) is 13.7 Å². The number of hydrogen-bond donors (Lipinski definition) is 2. The molecule has 188 valence electrons. The van der Waals surface area contributed by atoms with Gasteiger partial charge in [-0.2, -0.15) is 13.2 Å². The summed E-state index contributed by atoms with van der Waals surface area (Å²) in [5, 5.41) is 19.2. The molecule has 1 atom stereocenters. The maximum absolute atomic E-state index is 13.6. The molecule has 35 heavy (non-hydrogen) atoms. The van der Waals surface area contributed by atoms with E-state index in [-0.39, 0.29) is 13.0 Å². The maximum Gasteiger partial charge on any atom is 0.416 e. The Morgan fingerprint density at radius 3 is 2.29 bits per heavy atom. The second-order valence-corrected chi connectivity index (χ2v) is 9.67. The largest absolute Gasteiger partial charge is 0.496 e. The number of hydrogen-bond acceptors (Lipinski definition) is 4. The molecule has 0 amide bonds. The molecule has 0 bridgehead atoms. The quantitative estimate of drug-likeness (QED) is 0.364. The first-order chi connectivity index (χ1) is 16.5. The van der Waals surface area contributed by atoms with Crippen molar-refractivity contribution in [2.45, 2.75) is 37.3 Å². The van der Waals surface area contributed by atoms with Crippen molar-refractivity contribution in [2.24, 2.45) is 0 Å². The Morgan fingerprint density at radius 1 is 1.03 bits per heavy atom. The molecule has 0 saturated heterocycles. The second kappa shape index (κ2) is 11.5. The molecule has 2 N–H and O–H groups in total. The van der Waals surface area contributed by atoms with E-state index < -0.39 is 29.0 Å². The van der Waals surface area contributed by atoms with Crippen LogP contribution in [-0.4, -0.2) is 38.7 Å². The smallest absolute Gasteiger partial charge is 0.416 e. The van der Waals surface area contributed by atoms with Gasteiger partial charge in [-0.05, 0) is 65.2 Å². The normalized spacial score (nSPS) is 12.9. The van der Waals surface area contributed by atoms with E-state index in [2.05, 4.69) is 0 Å². The second-order valence-electron chi connectivity index (χ2n) is 7.75. The first kappa shape index (κ1) is 27.2. The van der Waals surface area contributed by atoms with Gasteiger partial charge < -0.3 is 14.9 Å². The van der Waals surface area contributed by atoms with Crippen LogP contribution in [0, 0.1) is 0 Å². The molecule has 3 aromatic rings. The van der Waals surface area contributed by atoms with Crippen LogP contribution >= 0.6 is 11.6 Å². The number of ether oxygens (including phenoxy) is 1. The van der Waals surface area contributed by atoms with Crippen LogP contribution in [0.25, 0.3) is 11.1 Å². The van der Waals surface area contributed by atoms with Gasteiger partial charge in [-0.15, -0.1) is 0 Å². The van der Waals surface area contributed by atoms with E-state index in [0.717, 1.165) is 12.1 Å². The standard InChI is InChI=1S/C25H25ClF3NO4S/c1-3-30(35(33)20-8-6-19(26)7-9-20)15-17-14-18(25(27,28)29)5-10-21(17)22-12-16(13-24(31)32)4-11-23(22)34-2/h4-12,14,24,31-32H,3,13,15H2,1-2H3. The van der Waals surface area contributed by atoms with Gasteiger partial charge in [0.25, 0.3) is 0 Å². The topological polar surface area (TPSA) is 70.0 Å². The summed E-state index contributed by atoms with van der Waals surface area (Å²) in [6.45, 7) is 2.03. The van der Waals surface area contributed by atoms with E-state index in [9.17, 15) is 27.6 Å². The summed E-state index contributed by atoms with van der Waals surface area (Å²) in [4.78, 5) is 0.473. The lowest BCUT2D eigenvalue weighted by Crippen LogP contribution is -2.26. The number of alkyl halides is 3. The lowest BCUT2D eigenvalue weighted by Gasteiger charge is -2.23. The summed E-state index contributed by atoms with van der Waals surface area (Å²) in [5.41, 5.74) is 0.978.